The monoisotopic (exact) mass is 318 g/mol. The van der Waals surface area contributed by atoms with Crippen molar-refractivity contribution in [3.63, 3.8) is 0 Å². The Bertz CT molecular complexity index is 560. The van der Waals surface area contributed by atoms with Crippen LogP contribution in [0.2, 0.25) is 0 Å². The molecule has 3 aliphatic rings. The molecule has 1 aromatic rings. The van der Waals surface area contributed by atoms with E-state index in [1.807, 2.05) is 11.0 Å². The van der Waals surface area contributed by atoms with Crippen LogP contribution >= 0.6 is 0 Å². The Balaban J connectivity index is 1.37. The molecular formula is C18H26N2O3. The largest absolute Gasteiger partial charge is 0.464 e. The number of ether oxygens (including phenoxy) is 1. The zero-order chi connectivity index (χ0) is 15.8. The summed E-state index contributed by atoms with van der Waals surface area (Å²) < 4.78 is 11.3. The first-order valence-electron chi connectivity index (χ1n) is 8.94. The number of carbonyl (C=O) groups excluding carboxylic acids is 1. The van der Waals surface area contributed by atoms with Gasteiger partial charge in [0.05, 0.1) is 6.54 Å². The van der Waals surface area contributed by atoms with E-state index in [0.717, 1.165) is 56.3 Å². The molecule has 23 heavy (non-hydrogen) atoms. The smallest absolute Gasteiger partial charge is 0.318 e. The fraction of sp³-hybridized carbons (Fsp3) is 0.722. The van der Waals surface area contributed by atoms with Gasteiger partial charge in [0.2, 0.25) is 0 Å². The van der Waals surface area contributed by atoms with E-state index in [2.05, 4.69) is 18.3 Å². The lowest BCUT2D eigenvalue weighted by Crippen LogP contribution is -2.47. The molecule has 2 saturated carbocycles. The number of urea groups is 1. The summed E-state index contributed by atoms with van der Waals surface area (Å²) in [5, 5.41) is 3.17. The van der Waals surface area contributed by atoms with E-state index in [-0.39, 0.29) is 12.1 Å². The fourth-order valence-corrected chi connectivity index (χ4v) is 3.42. The second kappa shape index (κ2) is 6.19. The summed E-state index contributed by atoms with van der Waals surface area (Å²) in [7, 11) is 0. The molecule has 0 aromatic carbocycles. The highest BCUT2D eigenvalue weighted by Crippen LogP contribution is 2.47. The van der Waals surface area contributed by atoms with Gasteiger partial charge in [0, 0.05) is 31.2 Å². The zero-order valence-corrected chi connectivity index (χ0v) is 13.8. The molecule has 2 amide bonds. The van der Waals surface area contributed by atoms with Gasteiger partial charge in [-0.25, -0.2) is 4.79 Å². The molecule has 2 heterocycles. The minimum atomic E-state index is 0.0529. The lowest BCUT2D eigenvalue weighted by molar-refractivity contribution is 0.0775. The van der Waals surface area contributed by atoms with Crippen molar-refractivity contribution in [2.24, 2.45) is 5.92 Å². The maximum absolute atomic E-state index is 12.6. The van der Waals surface area contributed by atoms with Gasteiger partial charge < -0.3 is 19.4 Å². The third-order valence-corrected chi connectivity index (χ3v) is 5.28. The Labute approximate surface area is 137 Å². The Hall–Kier alpha value is -1.49. The predicted octanol–water partition coefficient (Wildman–Crippen LogP) is 3.26. The van der Waals surface area contributed by atoms with Crippen LogP contribution in [0.5, 0.6) is 0 Å². The number of nitrogens with zero attached hydrogens (tertiary/aromatic N) is 1. The minimum absolute atomic E-state index is 0.0529. The van der Waals surface area contributed by atoms with Crippen molar-refractivity contribution in [3.8, 4) is 0 Å². The molecule has 4 rings (SSSR count). The van der Waals surface area contributed by atoms with Gasteiger partial charge in [0.25, 0.3) is 0 Å². The Morgan fingerprint density at radius 3 is 2.65 bits per heavy atom. The van der Waals surface area contributed by atoms with Crippen molar-refractivity contribution in [2.45, 2.75) is 63.6 Å². The quantitative estimate of drug-likeness (QED) is 0.906. The first-order valence-corrected chi connectivity index (χ1v) is 8.94. The Morgan fingerprint density at radius 1 is 1.26 bits per heavy atom. The van der Waals surface area contributed by atoms with E-state index in [1.165, 1.54) is 6.42 Å². The van der Waals surface area contributed by atoms with Gasteiger partial charge in [-0.05, 0) is 50.2 Å². The van der Waals surface area contributed by atoms with Crippen molar-refractivity contribution in [3.05, 3.63) is 23.7 Å². The molecule has 3 fully saturated rings. The molecule has 5 heteroatoms. The van der Waals surface area contributed by atoms with Gasteiger partial charge in [-0.15, -0.1) is 0 Å². The molecule has 1 saturated heterocycles. The second-order valence-corrected chi connectivity index (χ2v) is 7.32. The second-order valence-electron chi connectivity index (χ2n) is 7.32. The Morgan fingerprint density at radius 2 is 2.00 bits per heavy atom. The molecule has 0 radical (unpaired) electrons. The lowest BCUT2D eigenvalue weighted by Gasteiger charge is -2.28. The van der Waals surface area contributed by atoms with Crippen molar-refractivity contribution in [2.75, 3.05) is 13.2 Å². The van der Waals surface area contributed by atoms with Crippen molar-refractivity contribution in [1.82, 2.24) is 10.2 Å². The molecule has 0 bridgehead atoms. The minimum Gasteiger partial charge on any atom is -0.464 e. The summed E-state index contributed by atoms with van der Waals surface area (Å²) >= 11 is 0. The Kier molecular flexibility index (Phi) is 4.05. The number of nitrogens with one attached hydrogen (secondary N) is 1. The molecule has 2 atom stereocenters. The number of rotatable bonds is 5. The van der Waals surface area contributed by atoms with E-state index in [0.29, 0.717) is 18.5 Å². The third kappa shape index (κ3) is 3.55. The molecule has 126 valence electrons. The van der Waals surface area contributed by atoms with Crippen LogP contribution in [0.25, 0.3) is 0 Å². The summed E-state index contributed by atoms with van der Waals surface area (Å²) in [5.74, 6) is 3.33. The molecule has 1 N–H and O–H groups in total. The maximum atomic E-state index is 12.6. The normalized spacial score (nSPS) is 27.7. The highest BCUT2D eigenvalue weighted by atomic mass is 16.5. The summed E-state index contributed by atoms with van der Waals surface area (Å²) in [6, 6.07) is 4.81. The van der Waals surface area contributed by atoms with Crippen LogP contribution in [0.1, 0.15) is 56.5 Å². The number of hydrogen-bond donors (Lipinski definition) is 1. The summed E-state index contributed by atoms with van der Waals surface area (Å²) in [6.45, 7) is 4.33. The standard InChI is InChI=1S/C18H26N2O3/c1-12-10-16(12)17-5-4-15(23-17)11-20(14-2-3-14)18(21)19-13-6-8-22-9-7-13/h4-5,12-14,16H,2-3,6-11H2,1H3,(H,19,21)/t12-,16-/m0/s1. The van der Waals surface area contributed by atoms with E-state index < -0.39 is 0 Å². The number of carbonyl (C=O) groups is 1. The maximum Gasteiger partial charge on any atom is 0.318 e. The van der Waals surface area contributed by atoms with Gasteiger partial charge in [-0.1, -0.05) is 6.92 Å². The lowest BCUT2D eigenvalue weighted by atomic mass is 10.1. The topological polar surface area (TPSA) is 54.7 Å². The highest BCUT2D eigenvalue weighted by Gasteiger charge is 2.38. The van der Waals surface area contributed by atoms with Crippen molar-refractivity contribution >= 4 is 6.03 Å². The highest BCUT2D eigenvalue weighted by molar-refractivity contribution is 5.75. The third-order valence-electron chi connectivity index (χ3n) is 5.28. The van der Waals surface area contributed by atoms with E-state index in [4.69, 9.17) is 9.15 Å². The molecule has 0 spiro atoms. The number of hydrogen-bond acceptors (Lipinski definition) is 3. The van der Waals surface area contributed by atoms with Crippen LogP contribution in [0.4, 0.5) is 4.79 Å². The SMILES string of the molecule is C[C@H]1C[C@@H]1c1ccc(CN(C(=O)NC2CCOCC2)C2CC2)o1. The number of furan rings is 1. The van der Waals surface area contributed by atoms with Gasteiger partial charge >= 0.3 is 6.03 Å². The summed E-state index contributed by atoms with van der Waals surface area (Å²) in [5.41, 5.74) is 0. The average Bonchev–Trinajstić information content (AvgIpc) is 3.47. The average molecular weight is 318 g/mol. The van der Waals surface area contributed by atoms with Crippen molar-refractivity contribution < 1.29 is 13.9 Å². The van der Waals surface area contributed by atoms with Crippen LogP contribution in [-0.2, 0) is 11.3 Å². The van der Waals surface area contributed by atoms with E-state index >= 15 is 0 Å². The van der Waals surface area contributed by atoms with Gasteiger partial charge in [0.1, 0.15) is 11.5 Å². The van der Waals surface area contributed by atoms with Crippen LogP contribution in [0.15, 0.2) is 16.5 Å². The van der Waals surface area contributed by atoms with Gasteiger partial charge in [-0.3, -0.25) is 0 Å². The number of amides is 2. The molecule has 5 nitrogen and oxygen atoms in total. The summed E-state index contributed by atoms with van der Waals surface area (Å²) in [6.07, 6.45) is 5.26. The zero-order valence-electron chi connectivity index (χ0n) is 13.8. The molecular weight excluding hydrogens is 292 g/mol. The fourth-order valence-electron chi connectivity index (χ4n) is 3.42. The molecule has 2 aliphatic carbocycles. The van der Waals surface area contributed by atoms with E-state index in [1.54, 1.807) is 0 Å². The van der Waals surface area contributed by atoms with Crippen LogP contribution < -0.4 is 5.32 Å². The predicted molar refractivity (Wildman–Crippen MR) is 86.2 cm³/mol. The molecule has 0 unspecified atom stereocenters. The van der Waals surface area contributed by atoms with Crippen LogP contribution in [0.3, 0.4) is 0 Å². The molecule has 1 aliphatic heterocycles. The molecule has 1 aromatic heterocycles. The van der Waals surface area contributed by atoms with E-state index in [9.17, 15) is 4.79 Å². The van der Waals surface area contributed by atoms with Crippen molar-refractivity contribution in [1.29, 1.82) is 0 Å². The van der Waals surface area contributed by atoms with Gasteiger partial charge in [0.15, 0.2) is 0 Å². The van der Waals surface area contributed by atoms with Crippen LogP contribution in [-0.4, -0.2) is 36.2 Å². The van der Waals surface area contributed by atoms with Gasteiger partial charge in [-0.2, -0.15) is 0 Å². The summed E-state index contributed by atoms with van der Waals surface area (Å²) in [4.78, 5) is 14.6. The van der Waals surface area contributed by atoms with Crippen LogP contribution in [0, 0.1) is 5.92 Å². The first kappa shape index (κ1) is 15.1. The first-order chi connectivity index (χ1) is 11.2.